The van der Waals surface area contributed by atoms with E-state index in [0.29, 0.717) is 16.9 Å². The number of rotatable bonds is 5. The van der Waals surface area contributed by atoms with Crippen molar-refractivity contribution in [2.24, 2.45) is 0 Å². The van der Waals surface area contributed by atoms with Gasteiger partial charge in [0.05, 0.1) is 11.0 Å². The smallest absolute Gasteiger partial charge is 0.258 e. The first-order valence-electron chi connectivity index (χ1n) is 10.1. The van der Waals surface area contributed by atoms with Gasteiger partial charge in [0, 0.05) is 41.0 Å². The van der Waals surface area contributed by atoms with Gasteiger partial charge in [-0.1, -0.05) is 36.9 Å². The molecule has 0 saturated carbocycles. The molecule has 0 spiro atoms. The van der Waals surface area contributed by atoms with Crippen molar-refractivity contribution in [3.05, 3.63) is 90.5 Å². The molecule has 6 nitrogen and oxygen atoms in total. The highest BCUT2D eigenvalue weighted by atomic mass is 16.2. The van der Waals surface area contributed by atoms with E-state index in [2.05, 4.69) is 21.9 Å². The van der Waals surface area contributed by atoms with Crippen molar-refractivity contribution in [1.82, 2.24) is 14.9 Å². The second-order valence-electron chi connectivity index (χ2n) is 7.43. The number of aromatic amines is 1. The van der Waals surface area contributed by atoms with E-state index >= 15 is 0 Å². The molecule has 0 aliphatic carbocycles. The first-order valence-corrected chi connectivity index (χ1v) is 10.1. The Morgan fingerprint density at radius 1 is 0.968 bits per heavy atom. The topological polar surface area (TPSA) is 78.1 Å². The molecule has 3 aromatic carbocycles. The third kappa shape index (κ3) is 3.48. The van der Waals surface area contributed by atoms with E-state index in [1.165, 1.54) is 0 Å². The molecule has 1 aliphatic rings. The second-order valence-corrected chi connectivity index (χ2v) is 7.43. The molecule has 2 heterocycles. The Hall–Kier alpha value is -4.19. The zero-order valence-electron chi connectivity index (χ0n) is 16.8. The summed E-state index contributed by atoms with van der Waals surface area (Å²) < 4.78 is 0. The van der Waals surface area contributed by atoms with Crippen LogP contribution in [0.15, 0.2) is 79.4 Å². The molecule has 5 rings (SSSR count). The largest absolute Gasteiger partial charge is 0.338 e. The molecule has 0 unspecified atom stereocenters. The molecule has 4 aromatic rings. The Morgan fingerprint density at radius 3 is 2.42 bits per heavy atom. The van der Waals surface area contributed by atoms with Crippen LogP contribution in [0.4, 0.5) is 5.69 Å². The predicted octanol–water partition coefficient (Wildman–Crippen LogP) is 4.69. The van der Waals surface area contributed by atoms with Gasteiger partial charge in [-0.3, -0.25) is 9.59 Å². The molecule has 0 radical (unpaired) electrons. The number of para-hydroxylation sites is 2. The number of fused-ring (bicyclic) bond motifs is 2. The molecule has 0 fully saturated rings. The number of carbonyl (C=O) groups is 2. The van der Waals surface area contributed by atoms with E-state index in [0.717, 1.165) is 28.0 Å². The van der Waals surface area contributed by atoms with Crippen LogP contribution in [0.2, 0.25) is 0 Å². The number of aromatic nitrogens is 2. The maximum Gasteiger partial charge on any atom is 0.258 e. The minimum atomic E-state index is -0.159. The van der Waals surface area contributed by atoms with Gasteiger partial charge in [-0.15, -0.1) is 0 Å². The maximum atomic E-state index is 12.5. The van der Waals surface area contributed by atoms with Crippen molar-refractivity contribution in [3.63, 3.8) is 0 Å². The number of hydrogen-bond donors (Lipinski definition) is 2. The lowest BCUT2D eigenvalue weighted by Gasteiger charge is -2.17. The zero-order valence-corrected chi connectivity index (χ0v) is 16.8. The van der Waals surface area contributed by atoms with E-state index < -0.39 is 0 Å². The van der Waals surface area contributed by atoms with Gasteiger partial charge in [-0.2, -0.15) is 0 Å². The van der Waals surface area contributed by atoms with Crippen LogP contribution >= 0.6 is 0 Å². The Morgan fingerprint density at radius 2 is 1.68 bits per heavy atom. The zero-order chi connectivity index (χ0) is 21.4. The van der Waals surface area contributed by atoms with Crippen LogP contribution in [0, 0.1) is 0 Å². The van der Waals surface area contributed by atoms with Gasteiger partial charge in [0.1, 0.15) is 5.82 Å². The summed E-state index contributed by atoms with van der Waals surface area (Å²) in [6, 6.07) is 22.7. The maximum absolute atomic E-state index is 12.5. The van der Waals surface area contributed by atoms with Crippen molar-refractivity contribution < 1.29 is 9.59 Å². The fraction of sp³-hybridized carbons (Fsp3) is 0.0800. The molecular weight excluding hydrogens is 388 g/mol. The van der Waals surface area contributed by atoms with Crippen LogP contribution in [-0.2, 0) is 4.79 Å². The summed E-state index contributed by atoms with van der Waals surface area (Å²) in [7, 11) is 0. The molecule has 0 atom stereocenters. The normalized spacial score (nSPS) is 13.0. The van der Waals surface area contributed by atoms with E-state index in [9.17, 15) is 9.59 Å². The average Bonchev–Trinajstić information content (AvgIpc) is 3.33. The van der Waals surface area contributed by atoms with Gasteiger partial charge >= 0.3 is 0 Å². The highest BCUT2D eigenvalue weighted by Gasteiger charge is 2.30. The predicted molar refractivity (Wildman–Crippen MR) is 121 cm³/mol. The Labute approximate surface area is 179 Å². The Bertz CT molecular complexity index is 1250. The number of nitrogens with one attached hydrogen (secondary N) is 2. The first kappa shape index (κ1) is 18.8. The van der Waals surface area contributed by atoms with E-state index in [1.54, 1.807) is 11.0 Å². The summed E-state index contributed by atoms with van der Waals surface area (Å²) in [5.41, 5.74) is 5.63. The van der Waals surface area contributed by atoms with Crippen molar-refractivity contribution in [2.45, 2.75) is 6.42 Å². The Balaban J connectivity index is 1.21. The quantitative estimate of drug-likeness (QED) is 0.503. The van der Waals surface area contributed by atoms with Crippen LogP contribution in [-0.4, -0.2) is 33.2 Å². The molecule has 31 heavy (non-hydrogen) atoms. The number of anilines is 1. The lowest BCUT2D eigenvalue weighted by molar-refractivity contribution is -0.116. The molecule has 152 valence electrons. The molecule has 0 bridgehead atoms. The Kier molecular flexibility index (Phi) is 4.59. The highest BCUT2D eigenvalue weighted by molar-refractivity contribution is 6.09. The van der Waals surface area contributed by atoms with Gasteiger partial charge in [-0.05, 0) is 42.5 Å². The van der Waals surface area contributed by atoms with Crippen molar-refractivity contribution in [1.29, 1.82) is 0 Å². The SMILES string of the molecule is C=C1c2ccccc2C(=O)N1CCC(=O)Nc1ccc(-c2nc3ccccc3[nH]2)cc1. The molecule has 0 saturated heterocycles. The van der Waals surface area contributed by atoms with Crippen molar-refractivity contribution >= 4 is 34.2 Å². The number of imidazole rings is 1. The molecule has 1 aliphatic heterocycles. The van der Waals surface area contributed by atoms with Gasteiger partial charge < -0.3 is 15.2 Å². The number of hydrogen-bond acceptors (Lipinski definition) is 3. The fourth-order valence-electron chi connectivity index (χ4n) is 3.81. The monoisotopic (exact) mass is 408 g/mol. The lowest BCUT2D eigenvalue weighted by Crippen LogP contribution is -2.27. The fourth-order valence-corrected chi connectivity index (χ4v) is 3.81. The van der Waals surface area contributed by atoms with E-state index in [4.69, 9.17) is 0 Å². The summed E-state index contributed by atoms with van der Waals surface area (Å²) in [4.78, 5) is 34.4. The minimum Gasteiger partial charge on any atom is -0.338 e. The summed E-state index contributed by atoms with van der Waals surface area (Å²) in [6.45, 7) is 4.29. The third-order valence-corrected chi connectivity index (χ3v) is 5.43. The molecule has 2 N–H and O–H groups in total. The number of amides is 2. The van der Waals surface area contributed by atoms with E-state index in [-0.39, 0.29) is 24.8 Å². The average molecular weight is 408 g/mol. The standard InChI is InChI=1S/C25H20N4O2/c1-16-19-6-2-3-7-20(19)25(31)29(16)15-14-23(30)26-18-12-10-17(11-13-18)24-27-21-8-4-5-9-22(21)28-24/h2-13H,1,14-15H2,(H,26,30)(H,27,28). The molecule has 1 aromatic heterocycles. The van der Waals surface area contributed by atoms with Crippen LogP contribution < -0.4 is 5.32 Å². The third-order valence-electron chi connectivity index (χ3n) is 5.43. The van der Waals surface area contributed by atoms with Gasteiger partial charge in [0.2, 0.25) is 5.91 Å². The summed E-state index contributed by atoms with van der Waals surface area (Å²) >= 11 is 0. The highest BCUT2D eigenvalue weighted by Crippen LogP contribution is 2.31. The summed E-state index contributed by atoms with van der Waals surface area (Å²) in [5, 5.41) is 2.88. The molecule has 6 heteroatoms. The number of benzene rings is 3. The van der Waals surface area contributed by atoms with Crippen molar-refractivity contribution in [3.8, 4) is 11.4 Å². The van der Waals surface area contributed by atoms with Gasteiger partial charge in [0.15, 0.2) is 0 Å². The summed E-state index contributed by atoms with van der Waals surface area (Å²) in [6.07, 6.45) is 0.185. The lowest BCUT2D eigenvalue weighted by atomic mass is 10.1. The van der Waals surface area contributed by atoms with Crippen LogP contribution in [0.5, 0.6) is 0 Å². The number of H-pyrrole nitrogens is 1. The van der Waals surface area contributed by atoms with Gasteiger partial charge in [-0.25, -0.2) is 4.98 Å². The second kappa shape index (κ2) is 7.57. The number of nitrogens with zero attached hydrogens (tertiary/aromatic N) is 2. The number of carbonyl (C=O) groups excluding carboxylic acids is 2. The summed E-state index contributed by atoms with van der Waals surface area (Å²) in [5.74, 6) is 0.515. The first-order chi connectivity index (χ1) is 15.1. The van der Waals surface area contributed by atoms with Crippen LogP contribution in [0.25, 0.3) is 28.1 Å². The molecule has 2 amide bonds. The van der Waals surface area contributed by atoms with Gasteiger partial charge in [0.25, 0.3) is 5.91 Å². The van der Waals surface area contributed by atoms with Crippen molar-refractivity contribution in [2.75, 3.05) is 11.9 Å². The minimum absolute atomic E-state index is 0.108. The van der Waals surface area contributed by atoms with Crippen LogP contribution in [0.3, 0.4) is 0 Å². The molecular formula is C25H20N4O2. The van der Waals surface area contributed by atoms with E-state index in [1.807, 2.05) is 66.7 Å². The van der Waals surface area contributed by atoms with Crippen LogP contribution in [0.1, 0.15) is 22.3 Å².